The van der Waals surface area contributed by atoms with E-state index in [9.17, 15) is 11.2 Å². The minimum atomic E-state index is 0.164. The van der Waals surface area contributed by atoms with Crippen molar-refractivity contribution in [2.24, 2.45) is 142 Å². The number of rotatable bonds is 10. The molecule has 503 valence electrons. The molecule has 32 saturated carbocycles. The zero-order valence-corrected chi connectivity index (χ0v) is 59.3. The molecule has 32 aliphatic carbocycles. The third kappa shape index (κ3) is 7.61. The zero-order valence-electron chi connectivity index (χ0n) is 59.3. The minimum Gasteiger partial charge on any atom is -0.455 e. The molecule has 1 nitrogen and oxygen atoms in total. The maximum atomic E-state index is 11.0. The molecule has 0 aromatic heterocycles. The van der Waals surface area contributed by atoms with Crippen molar-refractivity contribution in [1.29, 1.82) is 0 Å². The Morgan fingerprint density at radius 2 is 0.400 bits per heavy atom. The van der Waals surface area contributed by atoms with Gasteiger partial charge < -0.3 is 4.74 Å². The first-order valence-electron chi connectivity index (χ1n) is 43.9. The van der Waals surface area contributed by atoms with Crippen LogP contribution in [-0.2, 0) is 43.3 Å². The molecule has 0 unspecified atom stereocenters. The maximum absolute atomic E-state index is 11.0. The summed E-state index contributed by atoms with van der Waals surface area (Å²) in [6, 6.07) is 3.23. The average Bonchev–Trinajstić information content (AvgIpc) is 0.664. The summed E-state index contributed by atoms with van der Waals surface area (Å²) in [4.78, 5) is 0. The van der Waals surface area contributed by atoms with Crippen LogP contribution in [0.5, 0.6) is 11.5 Å². The number of benzene rings is 2. The SMILES string of the molecule is [C]#Cc1c(Oc2cc(C34CC5CC(CC(C5)C3)C4)c(C34CC5CC(CC(C5)C3)C4)c(C34CC5CC(CC(C5)C3)C4)c2C23CC4CC(CC(C4)C2)C3)c(C23CC4CC(CC(C4)C2)C3)c(C23CC4CC(CC(C4)C2)C3)c(C23CC4CC(CC(C4)C2)C3)c1C12CC3CC(CC(C3)C1)C2. The van der Waals surface area contributed by atoms with E-state index in [1.165, 1.54) is 248 Å². The summed E-state index contributed by atoms with van der Waals surface area (Å²) in [7, 11) is 0. The molecule has 0 amide bonds. The summed E-state index contributed by atoms with van der Waals surface area (Å²) < 4.78 is 9.82. The smallest absolute Gasteiger partial charge is 0.147 e. The van der Waals surface area contributed by atoms with E-state index in [2.05, 4.69) is 34.2 Å². The van der Waals surface area contributed by atoms with Gasteiger partial charge in [0.05, 0.1) is 5.56 Å². The quantitative estimate of drug-likeness (QED) is 0.216. The Labute approximate surface area is 574 Å². The highest BCUT2D eigenvalue weighted by Crippen LogP contribution is 2.78. The standard InChI is InChI=1S/C94H121O/c1-2-76-79(88-31-55-6-56(32-88)8-57(7-55)33-88)82(91-40-64-15-65(41-91)17-66(16-64)42-91)84(93-46-70-21-71(47-93)23-72(22-70)48-93)85(94-49-73-24-74(50-94)26-75(25-73)51-94)86(76)95-78-27-77(87-28-52-3-53(29-87)5-54(4-52)30-87)80(89-34-58-9-59(35-89)11-60(10-58)36-89)83(92-43-67-18-68(44-92)20-69(19-67)45-92)81(78)90-37-61-12-62(38-90)14-63(13-61)39-90/h27,52-75H,3-26,28-51H2. The summed E-state index contributed by atoms with van der Waals surface area (Å²) >= 11 is 0. The van der Waals surface area contributed by atoms with Gasteiger partial charge in [-0.05, 0) is 535 Å². The van der Waals surface area contributed by atoms with Crippen LogP contribution in [0.3, 0.4) is 0 Å². The highest BCUT2D eigenvalue weighted by Gasteiger charge is 2.68. The Bertz CT molecular complexity index is 3430. The van der Waals surface area contributed by atoms with Gasteiger partial charge in [0.1, 0.15) is 11.5 Å². The largest absolute Gasteiger partial charge is 0.455 e. The van der Waals surface area contributed by atoms with E-state index in [1.54, 1.807) is 77.0 Å². The molecule has 32 aliphatic rings. The predicted molar refractivity (Wildman–Crippen MR) is 378 cm³/mol. The first-order chi connectivity index (χ1) is 46.3. The second-order valence-electron chi connectivity index (χ2n) is 46.1. The fourth-order valence-corrected chi connectivity index (χ4v) is 41.3. The minimum absolute atomic E-state index is 0.164. The van der Waals surface area contributed by atoms with Gasteiger partial charge in [-0.2, -0.15) is 0 Å². The maximum Gasteiger partial charge on any atom is 0.147 e. The van der Waals surface area contributed by atoms with Crippen molar-refractivity contribution in [1.82, 2.24) is 0 Å². The van der Waals surface area contributed by atoms with E-state index in [0.717, 1.165) is 142 Å². The molecular weight excluding hydrogens is 1150 g/mol. The molecule has 32 fully saturated rings. The van der Waals surface area contributed by atoms with Gasteiger partial charge in [-0.1, -0.05) is 0 Å². The molecule has 95 heavy (non-hydrogen) atoms. The van der Waals surface area contributed by atoms with Crippen molar-refractivity contribution in [2.45, 2.75) is 352 Å². The van der Waals surface area contributed by atoms with Crippen molar-refractivity contribution in [3.05, 3.63) is 62.6 Å². The number of hydrogen-bond acceptors (Lipinski definition) is 1. The monoisotopic (exact) mass is 1270 g/mol. The highest BCUT2D eigenvalue weighted by atomic mass is 16.5. The number of ether oxygens (including phenoxy) is 1. The van der Waals surface area contributed by atoms with Crippen LogP contribution in [-0.4, -0.2) is 0 Å². The first kappa shape index (κ1) is 56.4. The lowest BCUT2D eigenvalue weighted by atomic mass is 9.39. The molecule has 0 aliphatic heterocycles. The number of hydrogen-bond donors (Lipinski definition) is 0. The molecule has 2 aromatic carbocycles. The van der Waals surface area contributed by atoms with Gasteiger partial charge in [0.25, 0.3) is 0 Å². The van der Waals surface area contributed by atoms with E-state index in [-0.39, 0.29) is 27.1 Å². The topological polar surface area (TPSA) is 9.23 Å². The molecule has 34 rings (SSSR count). The van der Waals surface area contributed by atoms with Gasteiger partial charge in [0.2, 0.25) is 0 Å². The van der Waals surface area contributed by atoms with Crippen LogP contribution in [0.2, 0.25) is 0 Å². The van der Waals surface area contributed by atoms with Crippen LogP contribution < -0.4 is 4.74 Å². The van der Waals surface area contributed by atoms with E-state index in [4.69, 9.17) is 0 Å². The van der Waals surface area contributed by atoms with Crippen molar-refractivity contribution >= 4 is 0 Å². The fraction of sp³-hybridized carbons (Fsp3) is 0.851. The van der Waals surface area contributed by atoms with E-state index in [0.29, 0.717) is 16.2 Å². The zero-order chi connectivity index (χ0) is 61.3. The van der Waals surface area contributed by atoms with Crippen LogP contribution in [0.4, 0.5) is 0 Å². The van der Waals surface area contributed by atoms with Crippen LogP contribution in [0.25, 0.3) is 0 Å². The Hall–Kier alpha value is -2.20. The van der Waals surface area contributed by atoms with Crippen LogP contribution >= 0.6 is 0 Å². The van der Waals surface area contributed by atoms with Crippen LogP contribution in [0, 0.1) is 154 Å². The van der Waals surface area contributed by atoms with Gasteiger partial charge in [-0.25, -0.2) is 0 Å². The summed E-state index contributed by atoms with van der Waals surface area (Å²) in [5.74, 6) is 28.9. The molecule has 2 aromatic rings. The van der Waals surface area contributed by atoms with E-state index in [1.807, 2.05) is 22.3 Å². The molecule has 0 spiro atoms. The van der Waals surface area contributed by atoms with Crippen LogP contribution in [0.15, 0.2) is 6.07 Å². The van der Waals surface area contributed by atoms with Crippen molar-refractivity contribution in [2.75, 3.05) is 0 Å². The molecular formula is C94H121O. The first-order valence-corrected chi connectivity index (χ1v) is 43.9. The van der Waals surface area contributed by atoms with Crippen molar-refractivity contribution in [3.8, 4) is 17.4 Å². The van der Waals surface area contributed by atoms with Gasteiger partial charge in [-0.3, -0.25) is 0 Å². The average molecular weight is 1270 g/mol. The second-order valence-corrected chi connectivity index (χ2v) is 46.1. The summed E-state index contributed by atoms with van der Waals surface area (Å²) in [5, 5.41) is 0. The molecule has 0 saturated heterocycles. The van der Waals surface area contributed by atoms with Gasteiger partial charge in [0, 0.05) is 22.0 Å². The third-order valence-electron chi connectivity index (χ3n) is 39.7. The third-order valence-corrected chi connectivity index (χ3v) is 39.7. The normalized spacial score (nSPS) is 57.9. The molecule has 1 radical (unpaired) electrons. The molecule has 1 heteroatoms. The van der Waals surface area contributed by atoms with Gasteiger partial charge >= 0.3 is 0 Å². The van der Waals surface area contributed by atoms with E-state index < -0.39 is 0 Å². The lowest BCUT2D eigenvalue weighted by Gasteiger charge is -2.65. The van der Waals surface area contributed by atoms with Gasteiger partial charge in [0.15, 0.2) is 0 Å². The fourth-order valence-electron chi connectivity index (χ4n) is 41.3. The lowest BCUT2D eigenvalue weighted by Crippen LogP contribution is -2.57. The Balaban J connectivity index is 0.825. The van der Waals surface area contributed by atoms with Crippen molar-refractivity contribution < 1.29 is 4.74 Å². The molecule has 0 heterocycles. The lowest BCUT2D eigenvalue weighted by molar-refractivity contribution is -0.0301. The summed E-state index contributed by atoms with van der Waals surface area (Å²) in [6.07, 6.45) is 83.6. The van der Waals surface area contributed by atoms with Gasteiger partial charge in [-0.15, -0.1) is 0 Å². The molecule has 0 N–H and O–H groups in total. The van der Waals surface area contributed by atoms with Crippen molar-refractivity contribution in [3.63, 3.8) is 0 Å². The Kier molecular flexibility index (Phi) is 11.0. The summed E-state index contributed by atoms with van der Waals surface area (Å²) in [6.45, 7) is 0. The Morgan fingerprint density at radius 3 is 0.642 bits per heavy atom. The molecule has 0 atom stereocenters. The highest BCUT2D eigenvalue weighted by molar-refractivity contribution is 5.72. The molecule has 32 bridgehead atoms. The second kappa shape index (κ2) is 18.6. The van der Waals surface area contributed by atoms with E-state index >= 15 is 0 Å². The Morgan fingerprint density at radius 1 is 0.221 bits per heavy atom. The summed E-state index contributed by atoms with van der Waals surface area (Å²) in [5.41, 5.74) is 19.8. The predicted octanol–water partition coefficient (Wildman–Crippen LogP) is 23.2. The van der Waals surface area contributed by atoms with Crippen LogP contribution in [0.1, 0.15) is 358 Å².